The van der Waals surface area contributed by atoms with Gasteiger partial charge in [-0.05, 0) is 17.7 Å². The summed E-state index contributed by atoms with van der Waals surface area (Å²) < 4.78 is 22.9. The van der Waals surface area contributed by atoms with E-state index in [-0.39, 0.29) is 16.3 Å². The predicted octanol–water partition coefficient (Wildman–Crippen LogP) is 1.99. The molecule has 0 N–H and O–H groups in total. The van der Waals surface area contributed by atoms with Gasteiger partial charge in [-0.3, -0.25) is 0 Å². The number of methoxy groups -OCH3 is 1. The summed E-state index contributed by atoms with van der Waals surface area (Å²) in [6.07, 6.45) is 0. The lowest BCUT2D eigenvalue weighted by molar-refractivity contribution is -0.00982. The fraction of sp³-hybridized carbons (Fsp3) is 0.400. The Kier molecular flexibility index (Phi) is 2.41. The second kappa shape index (κ2) is 3.44. The number of ether oxygens (including phenoxy) is 2. The quantitative estimate of drug-likeness (QED) is 0.759. The average molecular weight is 214 g/mol. The standard InChI is InChI=1S/C10H11FO2S/c1-12-9-3-2-7(4-8(9)11)10(14)5-13-6-10/h2-4,14H,5-6H2,1H3. The monoisotopic (exact) mass is 214 g/mol. The lowest BCUT2D eigenvalue weighted by Gasteiger charge is -2.37. The van der Waals surface area contributed by atoms with Gasteiger partial charge in [0.2, 0.25) is 0 Å². The zero-order valence-electron chi connectivity index (χ0n) is 7.79. The molecule has 0 atom stereocenters. The van der Waals surface area contributed by atoms with Crippen LogP contribution in [0.4, 0.5) is 4.39 Å². The van der Waals surface area contributed by atoms with E-state index in [0.717, 1.165) is 5.56 Å². The third-order valence-electron chi connectivity index (χ3n) is 2.37. The highest BCUT2D eigenvalue weighted by molar-refractivity contribution is 7.81. The highest BCUT2D eigenvalue weighted by atomic mass is 32.1. The van der Waals surface area contributed by atoms with Crippen molar-refractivity contribution in [3.63, 3.8) is 0 Å². The molecule has 0 spiro atoms. The lowest BCUT2D eigenvalue weighted by Crippen LogP contribution is -2.41. The van der Waals surface area contributed by atoms with Gasteiger partial charge in [0.25, 0.3) is 0 Å². The topological polar surface area (TPSA) is 18.5 Å². The Labute approximate surface area is 87.4 Å². The van der Waals surface area contributed by atoms with Crippen molar-refractivity contribution in [3.05, 3.63) is 29.6 Å². The minimum absolute atomic E-state index is 0.255. The Morgan fingerprint density at radius 3 is 2.64 bits per heavy atom. The molecule has 0 saturated carbocycles. The van der Waals surface area contributed by atoms with Gasteiger partial charge >= 0.3 is 0 Å². The Hall–Kier alpha value is -0.740. The molecule has 1 aromatic rings. The zero-order chi connectivity index (χ0) is 10.2. The third kappa shape index (κ3) is 1.48. The van der Waals surface area contributed by atoms with Gasteiger partial charge in [0, 0.05) is 0 Å². The molecule has 2 nitrogen and oxygen atoms in total. The smallest absolute Gasteiger partial charge is 0.165 e. The Balaban J connectivity index is 2.32. The van der Waals surface area contributed by atoms with Gasteiger partial charge < -0.3 is 9.47 Å². The van der Waals surface area contributed by atoms with E-state index < -0.39 is 0 Å². The number of halogens is 1. The van der Waals surface area contributed by atoms with Crippen LogP contribution in [0.25, 0.3) is 0 Å². The van der Waals surface area contributed by atoms with Gasteiger partial charge in [0.15, 0.2) is 11.6 Å². The molecular formula is C10H11FO2S. The van der Waals surface area contributed by atoms with Crippen molar-refractivity contribution < 1.29 is 13.9 Å². The van der Waals surface area contributed by atoms with Crippen LogP contribution >= 0.6 is 12.6 Å². The summed E-state index contributed by atoms with van der Waals surface area (Å²) in [5.74, 6) is -0.101. The molecule has 2 rings (SSSR count). The molecule has 0 bridgehead atoms. The fourth-order valence-electron chi connectivity index (χ4n) is 1.42. The number of hydrogen-bond donors (Lipinski definition) is 1. The summed E-state index contributed by atoms with van der Waals surface area (Å²) in [6.45, 7) is 1.06. The van der Waals surface area contributed by atoms with Crippen molar-refractivity contribution in [1.29, 1.82) is 0 Å². The maximum absolute atomic E-state index is 13.3. The molecule has 1 aliphatic rings. The largest absolute Gasteiger partial charge is 0.494 e. The van der Waals surface area contributed by atoms with E-state index in [1.54, 1.807) is 6.07 Å². The van der Waals surface area contributed by atoms with Crippen molar-refractivity contribution in [2.75, 3.05) is 20.3 Å². The zero-order valence-corrected chi connectivity index (χ0v) is 8.68. The molecular weight excluding hydrogens is 203 g/mol. The fourth-order valence-corrected chi connectivity index (χ4v) is 1.74. The van der Waals surface area contributed by atoms with E-state index in [1.165, 1.54) is 13.2 Å². The first-order valence-corrected chi connectivity index (χ1v) is 4.74. The van der Waals surface area contributed by atoms with Gasteiger partial charge in [0.1, 0.15) is 0 Å². The van der Waals surface area contributed by atoms with Gasteiger partial charge in [-0.15, -0.1) is 0 Å². The van der Waals surface area contributed by atoms with Crippen LogP contribution in [0.15, 0.2) is 18.2 Å². The van der Waals surface area contributed by atoms with E-state index in [0.29, 0.717) is 13.2 Å². The lowest BCUT2D eigenvalue weighted by atomic mass is 9.96. The summed E-state index contributed by atoms with van der Waals surface area (Å²) in [6, 6.07) is 4.88. The van der Waals surface area contributed by atoms with Crippen molar-refractivity contribution in [2.24, 2.45) is 0 Å². The summed E-state index contributed by atoms with van der Waals surface area (Å²) in [5, 5.41) is 0. The van der Waals surface area contributed by atoms with Gasteiger partial charge in [-0.25, -0.2) is 4.39 Å². The number of benzene rings is 1. The Bertz CT molecular complexity index is 350. The molecule has 14 heavy (non-hydrogen) atoms. The SMILES string of the molecule is COc1ccc(C2(S)COC2)cc1F. The molecule has 0 radical (unpaired) electrons. The molecule has 76 valence electrons. The van der Waals surface area contributed by atoms with Crippen molar-refractivity contribution in [1.82, 2.24) is 0 Å². The van der Waals surface area contributed by atoms with Crippen LogP contribution in [0, 0.1) is 5.82 Å². The molecule has 1 aromatic carbocycles. The normalized spacial score (nSPS) is 18.8. The molecule has 0 unspecified atom stereocenters. The highest BCUT2D eigenvalue weighted by Crippen LogP contribution is 2.37. The molecule has 1 saturated heterocycles. The molecule has 0 amide bonds. The maximum Gasteiger partial charge on any atom is 0.165 e. The van der Waals surface area contributed by atoms with Crippen LogP contribution < -0.4 is 4.74 Å². The predicted molar refractivity (Wildman–Crippen MR) is 54.4 cm³/mol. The van der Waals surface area contributed by atoms with E-state index in [4.69, 9.17) is 9.47 Å². The molecule has 1 heterocycles. The van der Waals surface area contributed by atoms with Crippen LogP contribution in [-0.2, 0) is 9.48 Å². The first-order valence-electron chi connectivity index (χ1n) is 4.30. The van der Waals surface area contributed by atoms with Gasteiger partial charge in [0.05, 0.1) is 25.1 Å². The summed E-state index contributed by atoms with van der Waals surface area (Å²) in [4.78, 5) is 0. The van der Waals surface area contributed by atoms with Gasteiger partial charge in [-0.2, -0.15) is 12.6 Å². The van der Waals surface area contributed by atoms with Crippen LogP contribution in [0.5, 0.6) is 5.75 Å². The molecule has 1 aliphatic heterocycles. The summed E-state index contributed by atoms with van der Waals surface area (Å²) in [5.41, 5.74) is 0.838. The summed E-state index contributed by atoms with van der Waals surface area (Å²) in [7, 11) is 1.45. The van der Waals surface area contributed by atoms with Gasteiger partial charge in [-0.1, -0.05) is 6.07 Å². The first-order chi connectivity index (χ1) is 6.65. The second-order valence-corrected chi connectivity index (χ2v) is 4.23. The molecule has 4 heteroatoms. The van der Waals surface area contributed by atoms with Crippen molar-refractivity contribution in [2.45, 2.75) is 4.75 Å². The molecule has 0 aromatic heterocycles. The van der Waals surface area contributed by atoms with Crippen molar-refractivity contribution >= 4 is 12.6 Å². The van der Waals surface area contributed by atoms with E-state index in [2.05, 4.69) is 12.6 Å². The minimum Gasteiger partial charge on any atom is -0.494 e. The Morgan fingerprint density at radius 2 is 2.21 bits per heavy atom. The Morgan fingerprint density at radius 1 is 1.50 bits per heavy atom. The van der Waals surface area contributed by atoms with E-state index in [9.17, 15) is 4.39 Å². The van der Waals surface area contributed by atoms with Crippen LogP contribution in [-0.4, -0.2) is 20.3 Å². The second-order valence-electron chi connectivity index (χ2n) is 3.37. The number of thiol groups is 1. The van der Waals surface area contributed by atoms with Crippen LogP contribution in [0.2, 0.25) is 0 Å². The minimum atomic E-state index is -0.356. The van der Waals surface area contributed by atoms with Crippen molar-refractivity contribution in [3.8, 4) is 5.75 Å². The molecule has 0 aliphatic carbocycles. The number of rotatable bonds is 2. The van der Waals surface area contributed by atoms with Crippen LogP contribution in [0.1, 0.15) is 5.56 Å². The van der Waals surface area contributed by atoms with Crippen LogP contribution in [0.3, 0.4) is 0 Å². The molecule has 1 fully saturated rings. The number of hydrogen-bond acceptors (Lipinski definition) is 3. The maximum atomic E-state index is 13.3. The third-order valence-corrected chi connectivity index (χ3v) is 2.89. The summed E-state index contributed by atoms with van der Waals surface area (Å²) >= 11 is 4.44. The van der Waals surface area contributed by atoms with E-state index >= 15 is 0 Å². The first kappa shape index (κ1) is 9.80. The average Bonchev–Trinajstić information content (AvgIpc) is 2.14. The highest BCUT2D eigenvalue weighted by Gasteiger charge is 2.36. The van der Waals surface area contributed by atoms with E-state index in [1.807, 2.05) is 6.07 Å².